The van der Waals surface area contributed by atoms with Crippen LogP contribution in [0.25, 0.3) is 0 Å². The van der Waals surface area contributed by atoms with Gasteiger partial charge in [0.15, 0.2) is 0 Å². The first kappa shape index (κ1) is 11.2. The molecule has 6 nitrogen and oxygen atoms in total. The van der Waals surface area contributed by atoms with Gasteiger partial charge in [0.05, 0.1) is 0 Å². The molecule has 0 aliphatic rings. The molecule has 82 valence electrons. The number of anilines is 1. The molecule has 0 saturated carbocycles. The largest absolute Gasteiger partial charge is 0.480 e. The van der Waals surface area contributed by atoms with Gasteiger partial charge in [-0.25, -0.2) is 4.98 Å². The van der Waals surface area contributed by atoms with Crippen LogP contribution in [-0.4, -0.2) is 27.1 Å². The molecule has 1 aromatic heterocycles. The van der Waals surface area contributed by atoms with Gasteiger partial charge in [0, 0.05) is 12.5 Å². The molecular formula is C9H13N3O3. The molecule has 0 fully saturated rings. The van der Waals surface area contributed by atoms with Crippen molar-refractivity contribution in [1.29, 1.82) is 0 Å². The molecule has 0 spiro atoms. The van der Waals surface area contributed by atoms with Crippen LogP contribution in [0, 0.1) is 0 Å². The van der Waals surface area contributed by atoms with Crippen molar-refractivity contribution in [2.45, 2.75) is 26.3 Å². The Hall–Kier alpha value is -1.85. The third-order valence-corrected chi connectivity index (χ3v) is 1.86. The van der Waals surface area contributed by atoms with E-state index in [0.717, 1.165) is 0 Å². The van der Waals surface area contributed by atoms with Crippen molar-refractivity contribution in [3.05, 3.63) is 22.2 Å². The Bertz CT molecular complexity index is 413. The maximum atomic E-state index is 11.1. The number of carbonyl (C=O) groups is 1. The van der Waals surface area contributed by atoms with Gasteiger partial charge in [0.25, 0.3) is 5.56 Å². The van der Waals surface area contributed by atoms with E-state index >= 15 is 0 Å². The first-order chi connectivity index (χ1) is 7.02. The summed E-state index contributed by atoms with van der Waals surface area (Å²) >= 11 is 0. The molecule has 1 heterocycles. The van der Waals surface area contributed by atoms with Gasteiger partial charge in [-0.1, -0.05) is 6.92 Å². The van der Waals surface area contributed by atoms with Crippen molar-refractivity contribution in [2.24, 2.45) is 0 Å². The maximum Gasteiger partial charge on any atom is 0.325 e. The topological polar surface area (TPSA) is 95.1 Å². The second-order valence-corrected chi connectivity index (χ2v) is 3.14. The van der Waals surface area contributed by atoms with Gasteiger partial charge in [0.1, 0.15) is 17.7 Å². The van der Waals surface area contributed by atoms with Crippen LogP contribution in [0.15, 0.2) is 10.9 Å². The number of carboxylic acids is 1. The van der Waals surface area contributed by atoms with Gasteiger partial charge in [-0.2, -0.15) is 0 Å². The average molecular weight is 211 g/mol. The smallest absolute Gasteiger partial charge is 0.325 e. The minimum absolute atomic E-state index is 0.283. The number of carboxylic acid groups (broad SMARTS) is 1. The van der Waals surface area contributed by atoms with Crippen LogP contribution in [0.4, 0.5) is 5.82 Å². The molecule has 0 aliphatic carbocycles. The highest BCUT2D eigenvalue weighted by Crippen LogP contribution is 2.01. The fraction of sp³-hybridized carbons (Fsp3) is 0.444. The molecule has 1 rings (SSSR count). The molecule has 0 aromatic carbocycles. The Morgan fingerprint density at radius 1 is 1.73 bits per heavy atom. The van der Waals surface area contributed by atoms with Gasteiger partial charge in [0.2, 0.25) is 0 Å². The van der Waals surface area contributed by atoms with Crippen molar-refractivity contribution >= 4 is 11.8 Å². The molecule has 3 N–H and O–H groups in total. The number of aryl methyl sites for hydroxylation is 1. The number of aromatic amines is 1. The van der Waals surface area contributed by atoms with Gasteiger partial charge < -0.3 is 15.4 Å². The van der Waals surface area contributed by atoms with Crippen molar-refractivity contribution in [2.75, 3.05) is 5.32 Å². The number of hydrogen-bond acceptors (Lipinski definition) is 4. The highest BCUT2D eigenvalue weighted by molar-refractivity contribution is 5.76. The first-order valence-corrected chi connectivity index (χ1v) is 4.62. The van der Waals surface area contributed by atoms with Gasteiger partial charge in [-0.05, 0) is 6.92 Å². The van der Waals surface area contributed by atoms with E-state index in [1.165, 1.54) is 13.0 Å². The molecular weight excluding hydrogens is 198 g/mol. The summed E-state index contributed by atoms with van der Waals surface area (Å²) in [5.74, 6) is -0.178. The number of aliphatic carboxylic acids is 1. The summed E-state index contributed by atoms with van der Waals surface area (Å²) in [5.41, 5.74) is -0.290. The predicted octanol–water partition coefficient (Wildman–Crippen LogP) is 0.217. The molecule has 0 saturated heterocycles. The molecule has 0 amide bonds. The van der Waals surface area contributed by atoms with Gasteiger partial charge >= 0.3 is 5.97 Å². The Balaban J connectivity index is 2.90. The molecule has 0 aliphatic heterocycles. The monoisotopic (exact) mass is 211 g/mol. The SMILES string of the molecule is CCc1nc(NC(C)C(=O)O)cc(=O)[nH]1. The lowest BCUT2D eigenvalue weighted by Crippen LogP contribution is -2.27. The Morgan fingerprint density at radius 3 is 2.93 bits per heavy atom. The summed E-state index contributed by atoms with van der Waals surface area (Å²) in [6.07, 6.45) is 0.589. The van der Waals surface area contributed by atoms with Gasteiger partial charge in [-0.15, -0.1) is 0 Å². The van der Waals surface area contributed by atoms with E-state index in [4.69, 9.17) is 5.11 Å². The zero-order valence-electron chi connectivity index (χ0n) is 8.57. The summed E-state index contributed by atoms with van der Waals surface area (Å²) in [4.78, 5) is 28.3. The van der Waals surface area contributed by atoms with Crippen LogP contribution in [0.1, 0.15) is 19.7 Å². The lowest BCUT2D eigenvalue weighted by Gasteiger charge is -2.09. The minimum atomic E-state index is -0.991. The Morgan fingerprint density at radius 2 is 2.40 bits per heavy atom. The number of nitrogens with one attached hydrogen (secondary N) is 2. The third-order valence-electron chi connectivity index (χ3n) is 1.86. The van der Waals surface area contributed by atoms with E-state index in [0.29, 0.717) is 12.2 Å². The standard InChI is InChI=1S/C9H13N3O3/c1-3-6-11-7(4-8(13)12-6)10-5(2)9(14)15/h4-5H,3H2,1-2H3,(H,14,15)(H2,10,11,12,13). The molecule has 1 aromatic rings. The van der Waals surface area contributed by atoms with Crippen molar-refractivity contribution in [3.63, 3.8) is 0 Å². The second kappa shape index (κ2) is 4.59. The highest BCUT2D eigenvalue weighted by Gasteiger charge is 2.11. The lowest BCUT2D eigenvalue weighted by atomic mass is 10.3. The number of aromatic nitrogens is 2. The summed E-state index contributed by atoms with van der Waals surface area (Å²) in [7, 11) is 0. The Kier molecular flexibility index (Phi) is 3.43. The number of rotatable bonds is 4. The lowest BCUT2D eigenvalue weighted by molar-refractivity contribution is -0.137. The van der Waals surface area contributed by atoms with Crippen LogP contribution < -0.4 is 10.9 Å². The minimum Gasteiger partial charge on any atom is -0.480 e. The summed E-state index contributed by atoms with van der Waals surface area (Å²) in [5, 5.41) is 11.3. The zero-order valence-corrected chi connectivity index (χ0v) is 8.57. The van der Waals surface area contributed by atoms with E-state index in [2.05, 4.69) is 15.3 Å². The average Bonchev–Trinajstić information content (AvgIpc) is 2.16. The van der Waals surface area contributed by atoms with Crippen LogP contribution in [0.3, 0.4) is 0 Å². The zero-order chi connectivity index (χ0) is 11.4. The van der Waals surface area contributed by atoms with Gasteiger partial charge in [-0.3, -0.25) is 9.59 Å². The molecule has 15 heavy (non-hydrogen) atoms. The fourth-order valence-corrected chi connectivity index (χ4v) is 1.03. The van der Waals surface area contributed by atoms with E-state index in [9.17, 15) is 9.59 Å². The van der Waals surface area contributed by atoms with Crippen LogP contribution >= 0.6 is 0 Å². The second-order valence-electron chi connectivity index (χ2n) is 3.14. The van der Waals surface area contributed by atoms with Crippen molar-refractivity contribution < 1.29 is 9.90 Å². The predicted molar refractivity (Wildman–Crippen MR) is 55.0 cm³/mol. The summed E-state index contributed by atoms with van der Waals surface area (Å²) in [6, 6.07) is 0.461. The first-order valence-electron chi connectivity index (χ1n) is 4.62. The summed E-state index contributed by atoms with van der Waals surface area (Å²) in [6.45, 7) is 3.33. The number of nitrogens with zero attached hydrogens (tertiary/aromatic N) is 1. The quantitative estimate of drug-likeness (QED) is 0.662. The van der Waals surface area contributed by atoms with E-state index < -0.39 is 12.0 Å². The van der Waals surface area contributed by atoms with Crippen LogP contribution in [-0.2, 0) is 11.2 Å². The molecule has 1 atom stereocenters. The number of hydrogen-bond donors (Lipinski definition) is 3. The van der Waals surface area contributed by atoms with Crippen LogP contribution in [0.5, 0.6) is 0 Å². The van der Waals surface area contributed by atoms with E-state index in [1.54, 1.807) is 0 Å². The van der Waals surface area contributed by atoms with E-state index in [-0.39, 0.29) is 11.4 Å². The fourth-order valence-electron chi connectivity index (χ4n) is 1.03. The van der Waals surface area contributed by atoms with Crippen LogP contribution in [0.2, 0.25) is 0 Å². The highest BCUT2D eigenvalue weighted by atomic mass is 16.4. The van der Waals surface area contributed by atoms with Crippen molar-refractivity contribution in [3.8, 4) is 0 Å². The van der Waals surface area contributed by atoms with E-state index in [1.807, 2.05) is 6.92 Å². The third kappa shape index (κ3) is 3.08. The molecule has 0 bridgehead atoms. The van der Waals surface area contributed by atoms with Crippen molar-refractivity contribution in [1.82, 2.24) is 9.97 Å². The maximum absolute atomic E-state index is 11.1. The number of H-pyrrole nitrogens is 1. The summed E-state index contributed by atoms with van der Waals surface area (Å²) < 4.78 is 0. The molecule has 1 unspecified atom stereocenters. The Labute approximate surface area is 86.4 Å². The molecule has 6 heteroatoms. The normalized spacial score (nSPS) is 12.1. The molecule has 0 radical (unpaired) electrons.